The van der Waals surface area contributed by atoms with E-state index in [-0.39, 0.29) is 16.5 Å². The summed E-state index contributed by atoms with van der Waals surface area (Å²) in [6.45, 7) is -0.325. The molecule has 0 saturated heterocycles. The first-order valence-electron chi connectivity index (χ1n) is 5.48. The van der Waals surface area contributed by atoms with E-state index in [0.29, 0.717) is 5.56 Å². The van der Waals surface area contributed by atoms with Crippen molar-refractivity contribution in [2.24, 2.45) is 0 Å². The van der Waals surface area contributed by atoms with Crippen LogP contribution in [0.1, 0.15) is 5.56 Å². The lowest BCUT2D eigenvalue weighted by atomic mass is 10.2. The molecule has 0 aliphatic rings. The summed E-state index contributed by atoms with van der Waals surface area (Å²) in [4.78, 5) is 0. The fourth-order valence-electron chi connectivity index (χ4n) is 1.43. The summed E-state index contributed by atoms with van der Waals surface area (Å²) in [5.74, 6) is 4.19. The molecule has 0 saturated carbocycles. The number of halogens is 1. The molecule has 0 fully saturated rings. The van der Waals surface area contributed by atoms with Crippen LogP contribution < -0.4 is 4.72 Å². The van der Waals surface area contributed by atoms with Crippen LogP contribution in [0.4, 0.5) is 10.1 Å². The molecule has 104 valence electrons. The molecule has 1 aromatic carbocycles. The van der Waals surface area contributed by atoms with Gasteiger partial charge in [0.1, 0.15) is 16.6 Å². The van der Waals surface area contributed by atoms with Crippen LogP contribution in [-0.4, -0.2) is 20.1 Å². The van der Waals surface area contributed by atoms with Gasteiger partial charge in [-0.2, -0.15) is 0 Å². The monoisotopic (exact) mass is 311 g/mol. The lowest BCUT2D eigenvalue weighted by Crippen LogP contribution is -2.12. The predicted octanol–water partition coefficient (Wildman–Crippen LogP) is 2.03. The molecule has 1 heterocycles. The van der Waals surface area contributed by atoms with Gasteiger partial charge in [0, 0.05) is 5.56 Å². The summed E-state index contributed by atoms with van der Waals surface area (Å²) in [6.07, 6.45) is 0. The number of anilines is 1. The molecular formula is C13H10FNO3S2. The highest BCUT2D eigenvalue weighted by molar-refractivity contribution is 7.94. The van der Waals surface area contributed by atoms with Gasteiger partial charge in [0.05, 0.1) is 5.69 Å². The summed E-state index contributed by atoms with van der Waals surface area (Å²) in [6, 6.07) is 6.91. The van der Waals surface area contributed by atoms with E-state index < -0.39 is 15.8 Å². The fourth-order valence-corrected chi connectivity index (χ4v) is 3.49. The Balaban J connectivity index is 2.27. The SMILES string of the molecule is O=S(=O)(Nc1ccc(C#CCO)cc1F)c1cccs1. The molecule has 2 N–H and O–H groups in total. The number of benzene rings is 1. The lowest BCUT2D eigenvalue weighted by Gasteiger charge is -2.07. The summed E-state index contributed by atoms with van der Waals surface area (Å²) in [7, 11) is -3.77. The first-order valence-corrected chi connectivity index (χ1v) is 7.85. The van der Waals surface area contributed by atoms with Crippen LogP contribution in [-0.2, 0) is 10.0 Å². The number of hydrogen-bond acceptors (Lipinski definition) is 4. The Bertz CT molecular complexity index is 759. The molecule has 20 heavy (non-hydrogen) atoms. The van der Waals surface area contributed by atoms with E-state index in [1.54, 1.807) is 11.4 Å². The normalized spacial score (nSPS) is 10.7. The van der Waals surface area contributed by atoms with E-state index in [4.69, 9.17) is 5.11 Å². The van der Waals surface area contributed by atoms with E-state index in [1.807, 2.05) is 0 Å². The zero-order valence-electron chi connectivity index (χ0n) is 10.1. The van der Waals surface area contributed by atoms with Crippen molar-refractivity contribution in [3.05, 3.63) is 47.1 Å². The Morgan fingerprint density at radius 2 is 2.15 bits per heavy atom. The number of rotatable bonds is 3. The highest BCUT2D eigenvalue weighted by Gasteiger charge is 2.17. The molecule has 0 radical (unpaired) electrons. The van der Waals surface area contributed by atoms with E-state index in [0.717, 1.165) is 17.4 Å². The highest BCUT2D eigenvalue weighted by Crippen LogP contribution is 2.22. The van der Waals surface area contributed by atoms with Crippen molar-refractivity contribution in [1.29, 1.82) is 0 Å². The molecule has 0 aliphatic carbocycles. The largest absolute Gasteiger partial charge is 0.384 e. The number of hydrogen-bond donors (Lipinski definition) is 2. The first kappa shape index (κ1) is 14.5. The van der Waals surface area contributed by atoms with E-state index in [2.05, 4.69) is 16.6 Å². The van der Waals surface area contributed by atoms with Gasteiger partial charge in [-0.25, -0.2) is 12.8 Å². The number of aliphatic hydroxyl groups is 1. The minimum Gasteiger partial charge on any atom is -0.384 e. The van der Waals surface area contributed by atoms with Gasteiger partial charge in [0.15, 0.2) is 0 Å². The van der Waals surface area contributed by atoms with Crippen molar-refractivity contribution in [1.82, 2.24) is 0 Å². The van der Waals surface area contributed by atoms with E-state index >= 15 is 0 Å². The Kier molecular flexibility index (Phi) is 4.39. The number of sulfonamides is 1. The number of nitrogens with one attached hydrogen (secondary N) is 1. The lowest BCUT2D eigenvalue weighted by molar-refractivity contribution is 0.350. The molecule has 0 aliphatic heterocycles. The second-order valence-electron chi connectivity index (χ2n) is 3.69. The van der Waals surface area contributed by atoms with Crippen LogP contribution in [0.5, 0.6) is 0 Å². The third kappa shape index (κ3) is 3.36. The molecule has 2 rings (SSSR count). The molecule has 0 bridgehead atoms. The standard InChI is InChI=1S/C13H10FNO3S2/c14-11-9-10(3-1-7-16)5-6-12(11)15-20(17,18)13-4-2-8-19-13/h2,4-6,8-9,15-16H,7H2. The van der Waals surface area contributed by atoms with Crippen molar-refractivity contribution in [3.63, 3.8) is 0 Å². The molecule has 0 unspecified atom stereocenters. The number of thiophene rings is 1. The molecule has 0 atom stereocenters. The molecule has 1 aromatic heterocycles. The van der Waals surface area contributed by atoms with Gasteiger partial charge in [-0.05, 0) is 29.6 Å². The predicted molar refractivity (Wildman–Crippen MR) is 75.5 cm³/mol. The average molecular weight is 311 g/mol. The van der Waals surface area contributed by atoms with Crippen molar-refractivity contribution in [3.8, 4) is 11.8 Å². The maximum Gasteiger partial charge on any atom is 0.271 e. The van der Waals surface area contributed by atoms with Crippen molar-refractivity contribution in [2.45, 2.75) is 4.21 Å². The molecule has 2 aromatic rings. The average Bonchev–Trinajstić information content (AvgIpc) is 2.94. The van der Waals surface area contributed by atoms with Crippen LogP contribution in [0, 0.1) is 17.7 Å². The molecule has 0 amide bonds. The first-order chi connectivity index (χ1) is 9.53. The Morgan fingerprint density at radius 3 is 2.75 bits per heavy atom. The summed E-state index contributed by atoms with van der Waals surface area (Å²) in [5.41, 5.74) is 0.212. The molecule has 4 nitrogen and oxygen atoms in total. The van der Waals surface area contributed by atoms with Crippen LogP contribution in [0.3, 0.4) is 0 Å². The van der Waals surface area contributed by atoms with E-state index in [1.165, 1.54) is 18.2 Å². The Labute approximate surface area is 119 Å². The quantitative estimate of drug-likeness (QED) is 0.852. The highest BCUT2D eigenvalue weighted by atomic mass is 32.2. The topological polar surface area (TPSA) is 66.4 Å². The Hall–Kier alpha value is -1.88. The van der Waals surface area contributed by atoms with Gasteiger partial charge in [-0.3, -0.25) is 4.72 Å². The second kappa shape index (κ2) is 6.05. The van der Waals surface area contributed by atoms with Crippen LogP contribution in [0.25, 0.3) is 0 Å². The molecule has 0 spiro atoms. The maximum absolute atomic E-state index is 13.8. The van der Waals surface area contributed by atoms with Gasteiger partial charge in [-0.1, -0.05) is 17.9 Å². The van der Waals surface area contributed by atoms with Gasteiger partial charge in [0.25, 0.3) is 10.0 Å². The van der Waals surface area contributed by atoms with Crippen LogP contribution in [0.15, 0.2) is 39.9 Å². The maximum atomic E-state index is 13.8. The summed E-state index contributed by atoms with van der Waals surface area (Å²) in [5, 5.41) is 10.2. The number of aliphatic hydroxyl groups excluding tert-OH is 1. The van der Waals surface area contributed by atoms with Gasteiger partial charge >= 0.3 is 0 Å². The van der Waals surface area contributed by atoms with Gasteiger partial charge in [0.2, 0.25) is 0 Å². The molecule has 7 heteroatoms. The third-order valence-corrected chi connectivity index (χ3v) is 5.05. The van der Waals surface area contributed by atoms with E-state index in [9.17, 15) is 12.8 Å². The smallest absolute Gasteiger partial charge is 0.271 e. The van der Waals surface area contributed by atoms with Crippen molar-refractivity contribution in [2.75, 3.05) is 11.3 Å². The van der Waals surface area contributed by atoms with Crippen LogP contribution >= 0.6 is 11.3 Å². The summed E-state index contributed by atoms with van der Waals surface area (Å²) >= 11 is 1.05. The fraction of sp³-hybridized carbons (Fsp3) is 0.0769. The summed E-state index contributed by atoms with van der Waals surface area (Å²) < 4.78 is 40.0. The zero-order chi connectivity index (χ0) is 14.6. The van der Waals surface area contributed by atoms with Crippen molar-refractivity contribution < 1.29 is 17.9 Å². The van der Waals surface area contributed by atoms with Crippen molar-refractivity contribution >= 4 is 27.0 Å². The van der Waals surface area contributed by atoms with Crippen LogP contribution in [0.2, 0.25) is 0 Å². The zero-order valence-corrected chi connectivity index (χ0v) is 11.8. The Morgan fingerprint density at radius 1 is 1.35 bits per heavy atom. The molecular weight excluding hydrogens is 301 g/mol. The minimum atomic E-state index is -3.77. The van der Waals surface area contributed by atoms with Gasteiger partial charge in [-0.15, -0.1) is 11.3 Å². The minimum absolute atomic E-state index is 0.112. The second-order valence-corrected chi connectivity index (χ2v) is 6.55. The van der Waals surface area contributed by atoms with Gasteiger partial charge < -0.3 is 5.11 Å². The third-order valence-electron chi connectivity index (χ3n) is 2.29.